The Morgan fingerprint density at radius 2 is 2.39 bits per heavy atom. The van der Waals surface area contributed by atoms with Crippen molar-refractivity contribution in [3.05, 3.63) is 16.5 Å². The molecular weight excluding hydrogens is 318 g/mol. The number of halogens is 1. The predicted molar refractivity (Wildman–Crippen MR) is 74.7 cm³/mol. The maximum Gasteiger partial charge on any atom is 0.340 e. The first-order valence-electron chi connectivity index (χ1n) is 5.72. The molecule has 0 bridgehead atoms. The molecule has 0 aliphatic carbocycles. The molecule has 1 saturated heterocycles. The molecule has 1 unspecified atom stereocenters. The van der Waals surface area contributed by atoms with Crippen LogP contribution in [0.5, 0.6) is 0 Å². The van der Waals surface area contributed by atoms with Gasteiger partial charge in [0.05, 0.1) is 12.7 Å². The molecule has 0 aromatic carbocycles. The van der Waals surface area contributed by atoms with Gasteiger partial charge in [-0.15, -0.1) is 11.3 Å². The van der Waals surface area contributed by atoms with Crippen LogP contribution in [0.2, 0.25) is 0 Å². The number of hydrogen-bond donors (Lipinski definition) is 0. The summed E-state index contributed by atoms with van der Waals surface area (Å²) in [5, 5.41) is 0.714. The zero-order valence-electron chi connectivity index (χ0n) is 10.2. The van der Waals surface area contributed by atoms with E-state index in [1.165, 1.54) is 18.4 Å². The van der Waals surface area contributed by atoms with Crippen molar-refractivity contribution in [3.8, 4) is 0 Å². The van der Waals surface area contributed by atoms with Gasteiger partial charge in [-0.25, -0.2) is 4.79 Å². The van der Waals surface area contributed by atoms with Gasteiger partial charge in [-0.05, 0) is 12.5 Å². The third-order valence-electron chi connectivity index (χ3n) is 2.84. The van der Waals surface area contributed by atoms with E-state index in [9.17, 15) is 9.59 Å². The predicted octanol–water partition coefficient (Wildman–Crippen LogP) is 2.60. The normalized spacial score (nSPS) is 19.4. The van der Waals surface area contributed by atoms with E-state index >= 15 is 0 Å². The van der Waals surface area contributed by atoms with Crippen molar-refractivity contribution in [2.45, 2.75) is 24.6 Å². The van der Waals surface area contributed by atoms with Gasteiger partial charge in [0.1, 0.15) is 5.00 Å². The molecule has 0 spiro atoms. The number of carbonyl (C=O) groups excluding carboxylic acids is 2. The Morgan fingerprint density at radius 1 is 1.67 bits per heavy atom. The van der Waals surface area contributed by atoms with Crippen molar-refractivity contribution in [2.24, 2.45) is 0 Å². The van der Waals surface area contributed by atoms with Gasteiger partial charge in [0.25, 0.3) is 0 Å². The molecule has 98 valence electrons. The lowest BCUT2D eigenvalue weighted by Crippen LogP contribution is -2.25. The van der Waals surface area contributed by atoms with Crippen LogP contribution >= 0.6 is 27.3 Å². The fourth-order valence-corrected chi connectivity index (χ4v) is 3.60. The minimum atomic E-state index is -0.383. The Hall–Kier alpha value is -0.880. The molecule has 6 heteroatoms. The van der Waals surface area contributed by atoms with E-state index in [4.69, 9.17) is 4.74 Å². The van der Waals surface area contributed by atoms with Crippen molar-refractivity contribution in [1.82, 2.24) is 0 Å². The number of thiophene rings is 1. The zero-order valence-corrected chi connectivity index (χ0v) is 12.6. The molecule has 1 aliphatic heterocycles. The van der Waals surface area contributed by atoms with Crippen LogP contribution < -0.4 is 4.90 Å². The molecule has 1 aromatic rings. The monoisotopic (exact) mass is 331 g/mol. The molecule has 1 aliphatic rings. The third kappa shape index (κ3) is 2.44. The lowest BCUT2D eigenvalue weighted by Gasteiger charge is -2.15. The Morgan fingerprint density at radius 3 is 2.89 bits per heavy atom. The maximum absolute atomic E-state index is 11.9. The van der Waals surface area contributed by atoms with Gasteiger partial charge in [0.2, 0.25) is 5.91 Å². The Kier molecular flexibility index (Phi) is 4.07. The number of carbonyl (C=O) groups is 2. The molecule has 1 amide bonds. The molecule has 18 heavy (non-hydrogen) atoms. The van der Waals surface area contributed by atoms with Crippen LogP contribution in [0.15, 0.2) is 6.07 Å². The van der Waals surface area contributed by atoms with Crippen LogP contribution in [-0.2, 0) is 16.0 Å². The number of aryl methyl sites for hydroxylation is 1. The van der Waals surface area contributed by atoms with E-state index in [1.54, 1.807) is 4.90 Å². The summed E-state index contributed by atoms with van der Waals surface area (Å²) in [7, 11) is 1.36. The molecule has 0 saturated carbocycles. The van der Waals surface area contributed by atoms with Gasteiger partial charge < -0.3 is 9.64 Å². The quantitative estimate of drug-likeness (QED) is 0.631. The topological polar surface area (TPSA) is 46.6 Å². The first kappa shape index (κ1) is 13.5. The summed E-state index contributed by atoms with van der Waals surface area (Å²) in [4.78, 5) is 26.6. The highest BCUT2D eigenvalue weighted by atomic mass is 79.9. The highest BCUT2D eigenvalue weighted by molar-refractivity contribution is 9.09. The van der Waals surface area contributed by atoms with Crippen LogP contribution in [0.1, 0.15) is 28.6 Å². The molecule has 4 nitrogen and oxygen atoms in total. The van der Waals surface area contributed by atoms with Crippen molar-refractivity contribution in [3.63, 3.8) is 0 Å². The largest absolute Gasteiger partial charge is 0.465 e. The highest BCUT2D eigenvalue weighted by Gasteiger charge is 2.33. The van der Waals surface area contributed by atoms with Gasteiger partial charge in [-0.2, -0.15) is 0 Å². The van der Waals surface area contributed by atoms with E-state index < -0.39 is 0 Å². The number of anilines is 1. The average molecular weight is 332 g/mol. The third-order valence-corrected chi connectivity index (χ3v) is 4.76. The lowest BCUT2D eigenvalue weighted by atomic mass is 10.2. The zero-order chi connectivity index (χ0) is 13.3. The number of hydrogen-bond acceptors (Lipinski definition) is 4. The van der Waals surface area contributed by atoms with E-state index in [0.29, 0.717) is 23.5 Å². The summed E-state index contributed by atoms with van der Waals surface area (Å²) in [5.74, 6) is -0.335. The Labute approximate surface area is 118 Å². The summed E-state index contributed by atoms with van der Waals surface area (Å²) < 4.78 is 4.77. The van der Waals surface area contributed by atoms with Gasteiger partial charge in [0, 0.05) is 22.7 Å². The summed E-state index contributed by atoms with van der Waals surface area (Å²) >= 11 is 4.93. The van der Waals surface area contributed by atoms with Crippen LogP contribution in [0, 0.1) is 0 Å². The minimum Gasteiger partial charge on any atom is -0.465 e. The summed E-state index contributed by atoms with van der Waals surface area (Å²) in [6.07, 6.45) is 1.31. The second-order valence-corrected chi connectivity index (χ2v) is 6.49. The second kappa shape index (κ2) is 5.40. The molecule has 2 heterocycles. The smallest absolute Gasteiger partial charge is 0.340 e. The number of alkyl halides is 1. The van der Waals surface area contributed by atoms with Crippen molar-refractivity contribution >= 4 is 44.1 Å². The van der Waals surface area contributed by atoms with E-state index in [2.05, 4.69) is 15.9 Å². The van der Waals surface area contributed by atoms with Crippen LogP contribution in [0.3, 0.4) is 0 Å². The van der Waals surface area contributed by atoms with Gasteiger partial charge in [-0.1, -0.05) is 22.9 Å². The molecule has 1 aromatic heterocycles. The van der Waals surface area contributed by atoms with Gasteiger partial charge in [0.15, 0.2) is 0 Å². The highest BCUT2D eigenvalue weighted by Crippen LogP contribution is 2.36. The molecular formula is C12H14BrNO3S. The minimum absolute atomic E-state index is 0.0477. The van der Waals surface area contributed by atoms with Crippen molar-refractivity contribution in [1.29, 1.82) is 0 Å². The second-order valence-electron chi connectivity index (χ2n) is 4.08. The molecule has 2 rings (SSSR count). The number of rotatable bonds is 3. The Bertz CT molecular complexity index is 486. The number of esters is 1. The molecule has 0 N–H and O–H groups in total. The number of methoxy groups -OCH3 is 1. The number of nitrogens with zero attached hydrogens (tertiary/aromatic N) is 1. The van der Waals surface area contributed by atoms with E-state index in [-0.39, 0.29) is 16.7 Å². The van der Waals surface area contributed by atoms with Gasteiger partial charge in [-0.3, -0.25) is 4.79 Å². The maximum atomic E-state index is 11.9. The Balaban J connectivity index is 2.39. The average Bonchev–Trinajstić information content (AvgIpc) is 2.91. The van der Waals surface area contributed by atoms with Crippen molar-refractivity contribution < 1.29 is 14.3 Å². The number of amides is 1. The summed E-state index contributed by atoms with van der Waals surface area (Å²) in [6, 6.07) is 1.82. The standard InChI is InChI=1S/C12H14BrNO3S/c1-3-8-5-9(12(16)17-2)11(18-8)14-6-7(13)4-10(14)15/h5,7H,3-4,6H2,1-2H3. The van der Waals surface area contributed by atoms with E-state index in [1.807, 2.05) is 13.0 Å². The van der Waals surface area contributed by atoms with Crippen LogP contribution in [0.4, 0.5) is 5.00 Å². The summed E-state index contributed by atoms with van der Waals surface area (Å²) in [6.45, 7) is 2.63. The number of ether oxygens (including phenoxy) is 1. The lowest BCUT2D eigenvalue weighted by molar-refractivity contribution is -0.116. The first-order valence-corrected chi connectivity index (χ1v) is 7.45. The fraction of sp³-hybridized carbons (Fsp3) is 0.500. The molecule has 0 radical (unpaired) electrons. The molecule has 1 fully saturated rings. The molecule has 1 atom stereocenters. The SMILES string of the molecule is CCc1cc(C(=O)OC)c(N2CC(Br)CC2=O)s1. The van der Waals surface area contributed by atoms with E-state index in [0.717, 1.165) is 11.3 Å². The fourth-order valence-electron chi connectivity index (χ4n) is 1.92. The van der Waals surface area contributed by atoms with Crippen LogP contribution in [0.25, 0.3) is 0 Å². The summed E-state index contributed by atoms with van der Waals surface area (Å²) in [5.41, 5.74) is 0.495. The van der Waals surface area contributed by atoms with Crippen LogP contribution in [-0.4, -0.2) is 30.4 Å². The first-order chi connectivity index (χ1) is 8.56. The van der Waals surface area contributed by atoms with Gasteiger partial charge >= 0.3 is 5.97 Å². The van der Waals surface area contributed by atoms with Crippen molar-refractivity contribution in [2.75, 3.05) is 18.6 Å².